The van der Waals surface area contributed by atoms with Gasteiger partial charge in [-0.25, -0.2) is 0 Å². The molecule has 1 aromatic heterocycles. The molecule has 0 spiro atoms. The summed E-state index contributed by atoms with van der Waals surface area (Å²) in [5.74, 6) is 0.144. The molecule has 0 saturated heterocycles. The zero-order valence-corrected chi connectivity index (χ0v) is 9.15. The lowest BCUT2D eigenvalue weighted by Gasteiger charge is -2.25. The van der Waals surface area contributed by atoms with Crippen LogP contribution in [0.4, 0.5) is 0 Å². The minimum Gasteiger partial charge on any atom is -0.426 e. The Morgan fingerprint density at radius 3 is 2.80 bits per heavy atom. The van der Waals surface area contributed by atoms with E-state index in [1.54, 1.807) is 0 Å². The van der Waals surface area contributed by atoms with Gasteiger partial charge in [-0.1, -0.05) is 20.8 Å². The number of nitrogens with zero attached hydrogens (tertiary/aromatic N) is 2. The first-order valence-electron chi connectivity index (χ1n) is 4.69. The van der Waals surface area contributed by atoms with E-state index in [1.807, 2.05) is 20.8 Å². The lowest BCUT2D eigenvalue weighted by Crippen LogP contribution is -2.48. The molecule has 1 atom stereocenters. The van der Waals surface area contributed by atoms with Gasteiger partial charge in [0.15, 0.2) is 0 Å². The molecule has 0 aliphatic carbocycles. The second kappa shape index (κ2) is 4.39. The van der Waals surface area contributed by atoms with Crippen LogP contribution >= 0.6 is 0 Å². The molecular formula is C9H16N4O2. The van der Waals surface area contributed by atoms with Gasteiger partial charge in [0.2, 0.25) is 18.2 Å². The highest BCUT2D eigenvalue weighted by molar-refractivity contribution is 5.82. The van der Waals surface area contributed by atoms with Gasteiger partial charge in [0.1, 0.15) is 0 Å². The predicted octanol–water partition coefficient (Wildman–Crippen LogP) is 0.0592. The van der Waals surface area contributed by atoms with Gasteiger partial charge < -0.3 is 15.5 Å². The molecule has 1 amide bonds. The van der Waals surface area contributed by atoms with Gasteiger partial charge in [-0.3, -0.25) is 4.79 Å². The molecule has 0 radical (unpaired) electrons. The quantitative estimate of drug-likeness (QED) is 0.738. The Morgan fingerprint density at radius 1 is 1.67 bits per heavy atom. The maximum Gasteiger partial charge on any atom is 0.237 e. The Labute approximate surface area is 88.2 Å². The maximum atomic E-state index is 11.6. The van der Waals surface area contributed by atoms with E-state index >= 15 is 0 Å². The van der Waals surface area contributed by atoms with Crippen LogP contribution in [-0.4, -0.2) is 22.1 Å². The van der Waals surface area contributed by atoms with Crippen molar-refractivity contribution in [3.8, 4) is 0 Å². The van der Waals surface area contributed by atoms with Crippen molar-refractivity contribution >= 4 is 5.91 Å². The fraction of sp³-hybridized carbons (Fsp3) is 0.667. The van der Waals surface area contributed by atoms with Crippen LogP contribution in [0.15, 0.2) is 10.8 Å². The highest BCUT2D eigenvalue weighted by Gasteiger charge is 2.27. The van der Waals surface area contributed by atoms with Gasteiger partial charge in [-0.15, -0.1) is 10.2 Å². The van der Waals surface area contributed by atoms with Gasteiger partial charge >= 0.3 is 0 Å². The molecule has 1 unspecified atom stereocenters. The molecule has 1 rings (SSSR count). The zero-order valence-electron chi connectivity index (χ0n) is 9.15. The van der Waals surface area contributed by atoms with Crippen LogP contribution in [0.2, 0.25) is 0 Å². The number of carbonyl (C=O) groups is 1. The zero-order chi connectivity index (χ0) is 11.5. The summed E-state index contributed by atoms with van der Waals surface area (Å²) in [5.41, 5.74) is 5.49. The Balaban J connectivity index is 2.43. The molecule has 1 heterocycles. The average molecular weight is 212 g/mol. The summed E-state index contributed by atoms with van der Waals surface area (Å²) < 4.78 is 4.87. The number of carbonyl (C=O) groups excluding carboxylic acids is 1. The topological polar surface area (TPSA) is 94.0 Å². The fourth-order valence-electron chi connectivity index (χ4n) is 0.939. The minimum absolute atomic E-state index is 0.211. The van der Waals surface area contributed by atoms with E-state index in [0.717, 1.165) is 0 Å². The summed E-state index contributed by atoms with van der Waals surface area (Å²) >= 11 is 0. The molecule has 6 nitrogen and oxygen atoms in total. The van der Waals surface area contributed by atoms with Gasteiger partial charge in [0.25, 0.3) is 0 Å². The molecule has 1 aromatic rings. The first-order chi connectivity index (χ1) is 6.91. The van der Waals surface area contributed by atoms with Crippen LogP contribution in [0.1, 0.15) is 26.7 Å². The second-order valence-electron chi connectivity index (χ2n) is 4.39. The molecule has 0 saturated carbocycles. The average Bonchev–Trinajstić information content (AvgIpc) is 2.63. The Hall–Kier alpha value is -1.43. The molecule has 3 N–H and O–H groups in total. The van der Waals surface area contributed by atoms with Crippen LogP contribution < -0.4 is 11.1 Å². The summed E-state index contributed by atoms with van der Waals surface area (Å²) in [6.07, 6.45) is 1.21. The fourth-order valence-corrected chi connectivity index (χ4v) is 0.939. The van der Waals surface area contributed by atoms with Gasteiger partial charge in [-0.05, 0) is 5.41 Å². The summed E-state index contributed by atoms with van der Waals surface area (Å²) in [5, 5.41) is 9.76. The number of nitrogens with one attached hydrogen (secondary N) is 1. The molecule has 15 heavy (non-hydrogen) atoms. The molecule has 0 bridgehead atoms. The molecule has 0 aliphatic heterocycles. The van der Waals surface area contributed by atoms with Crippen molar-refractivity contribution in [1.82, 2.24) is 15.5 Å². The van der Waals surface area contributed by atoms with Crippen molar-refractivity contribution in [2.24, 2.45) is 11.1 Å². The number of amides is 1. The molecule has 0 aromatic carbocycles. The number of hydrogen-bond donors (Lipinski definition) is 2. The lowest BCUT2D eigenvalue weighted by molar-refractivity contribution is -0.124. The van der Waals surface area contributed by atoms with E-state index in [0.29, 0.717) is 5.89 Å². The lowest BCUT2D eigenvalue weighted by atomic mass is 9.87. The van der Waals surface area contributed by atoms with E-state index in [2.05, 4.69) is 15.5 Å². The number of hydrogen-bond acceptors (Lipinski definition) is 5. The molecule has 6 heteroatoms. The number of rotatable bonds is 3. The van der Waals surface area contributed by atoms with E-state index in [-0.39, 0.29) is 17.9 Å². The van der Waals surface area contributed by atoms with Crippen LogP contribution in [-0.2, 0) is 11.3 Å². The van der Waals surface area contributed by atoms with E-state index in [1.165, 1.54) is 6.39 Å². The van der Waals surface area contributed by atoms with Crippen molar-refractivity contribution < 1.29 is 9.21 Å². The van der Waals surface area contributed by atoms with Gasteiger partial charge in [0.05, 0.1) is 12.6 Å². The van der Waals surface area contributed by atoms with Crippen LogP contribution in [0.25, 0.3) is 0 Å². The van der Waals surface area contributed by atoms with E-state index in [9.17, 15) is 4.79 Å². The monoisotopic (exact) mass is 212 g/mol. The third kappa shape index (κ3) is 3.32. The summed E-state index contributed by atoms with van der Waals surface area (Å²) in [6.45, 7) is 5.93. The van der Waals surface area contributed by atoms with Crippen molar-refractivity contribution in [2.75, 3.05) is 0 Å². The van der Waals surface area contributed by atoms with Crippen molar-refractivity contribution in [2.45, 2.75) is 33.4 Å². The van der Waals surface area contributed by atoms with Gasteiger partial charge in [0, 0.05) is 0 Å². The number of aromatic nitrogens is 2. The smallest absolute Gasteiger partial charge is 0.237 e. The Kier molecular flexibility index (Phi) is 3.41. The normalized spacial score (nSPS) is 13.6. The Bertz CT molecular complexity index is 315. The maximum absolute atomic E-state index is 11.6. The summed E-state index contributed by atoms with van der Waals surface area (Å²) in [4.78, 5) is 11.6. The molecule has 0 aliphatic rings. The SMILES string of the molecule is CC(C)(C)C(N)C(=O)NCc1nnco1. The first kappa shape index (κ1) is 11.6. The highest BCUT2D eigenvalue weighted by Crippen LogP contribution is 2.17. The third-order valence-corrected chi connectivity index (χ3v) is 2.03. The molecule has 84 valence electrons. The van der Waals surface area contributed by atoms with E-state index < -0.39 is 6.04 Å². The van der Waals surface area contributed by atoms with Gasteiger partial charge in [-0.2, -0.15) is 0 Å². The van der Waals surface area contributed by atoms with Crippen molar-refractivity contribution in [3.05, 3.63) is 12.3 Å². The Morgan fingerprint density at radius 2 is 2.33 bits per heavy atom. The summed E-state index contributed by atoms with van der Waals surface area (Å²) in [7, 11) is 0. The molecule has 0 fully saturated rings. The minimum atomic E-state index is -0.555. The molecular weight excluding hydrogens is 196 g/mol. The van der Waals surface area contributed by atoms with Crippen molar-refractivity contribution in [1.29, 1.82) is 0 Å². The second-order valence-corrected chi connectivity index (χ2v) is 4.39. The summed E-state index contributed by atoms with van der Waals surface area (Å²) in [6, 6.07) is -0.555. The highest BCUT2D eigenvalue weighted by atomic mass is 16.4. The third-order valence-electron chi connectivity index (χ3n) is 2.03. The number of nitrogens with two attached hydrogens (primary N) is 1. The van der Waals surface area contributed by atoms with Crippen LogP contribution in [0.3, 0.4) is 0 Å². The first-order valence-corrected chi connectivity index (χ1v) is 4.69. The van der Waals surface area contributed by atoms with E-state index in [4.69, 9.17) is 10.2 Å². The van der Waals surface area contributed by atoms with Crippen LogP contribution in [0, 0.1) is 5.41 Å². The van der Waals surface area contributed by atoms with Crippen molar-refractivity contribution in [3.63, 3.8) is 0 Å². The standard InChI is InChI=1S/C9H16N4O2/c1-9(2,3)7(10)8(14)11-4-6-13-12-5-15-6/h5,7H,4,10H2,1-3H3,(H,11,14). The predicted molar refractivity (Wildman–Crippen MR) is 53.6 cm³/mol. The van der Waals surface area contributed by atoms with Crippen LogP contribution in [0.5, 0.6) is 0 Å². The largest absolute Gasteiger partial charge is 0.426 e.